The van der Waals surface area contributed by atoms with Crippen LogP contribution in [-0.2, 0) is 11.3 Å². The molecule has 0 saturated heterocycles. The van der Waals surface area contributed by atoms with Crippen LogP contribution < -0.4 is 5.56 Å². The predicted molar refractivity (Wildman–Crippen MR) is 109 cm³/mol. The minimum Gasteiger partial charge on any atom is -0.341 e. The molecule has 0 N–H and O–H groups in total. The highest BCUT2D eigenvalue weighted by atomic mass is 32.1. The molecular formula is C21H22FN3O2S. The van der Waals surface area contributed by atoms with Crippen LogP contribution in [0.4, 0.5) is 4.39 Å². The molecular weight excluding hydrogens is 377 g/mol. The minimum absolute atomic E-state index is 0.0204. The molecule has 1 amide bonds. The van der Waals surface area contributed by atoms with Crippen molar-refractivity contribution in [3.05, 3.63) is 52.1 Å². The van der Waals surface area contributed by atoms with Gasteiger partial charge >= 0.3 is 0 Å². The first-order chi connectivity index (χ1) is 13.5. The fraction of sp³-hybridized carbons (Fsp3) is 0.381. The van der Waals surface area contributed by atoms with Crippen molar-refractivity contribution in [2.75, 3.05) is 7.05 Å². The van der Waals surface area contributed by atoms with Crippen LogP contribution in [0.5, 0.6) is 0 Å². The molecule has 2 aromatic heterocycles. The van der Waals surface area contributed by atoms with Crippen LogP contribution in [0.15, 0.2) is 40.8 Å². The summed E-state index contributed by atoms with van der Waals surface area (Å²) in [6.07, 6.45) is 7.00. The van der Waals surface area contributed by atoms with Crippen molar-refractivity contribution in [2.45, 2.75) is 44.7 Å². The topological polar surface area (TPSA) is 55.2 Å². The van der Waals surface area contributed by atoms with Crippen LogP contribution >= 0.6 is 11.3 Å². The number of hydrogen-bond donors (Lipinski definition) is 0. The van der Waals surface area contributed by atoms with Crippen molar-refractivity contribution in [3.63, 3.8) is 0 Å². The third-order valence-corrected chi connectivity index (χ3v) is 6.42. The van der Waals surface area contributed by atoms with E-state index < -0.39 is 0 Å². The molecule has 0 radical (unpaired) electrons. The van der Waals surface area contributed by atoms with Crippen molar-refractivity contribution in [1.29, 1.82) is 0 Å². The minimum atomic E-state index is -0.324. The van der Waals surface area contributed by atoms with Gasteiger partial charge in [0.1, 0.15) is 17.2 Å². The van der Waals surface area contributed by atoms with Gasteiger partial charge in [-0.1, -0.05) is 31.4 Å². The lowest BCUT2D eigenvalue weighted by Crippen LogP contribution is -2.41. The van der Waals surface area contributed by atoms with E-state index in [9.17, 15) is 14.0 Å². The number of hydrogen-bond acceptors (Lipinski definition) is 4. The molecule has 4 rings (SSSR count). The second-order valence-electron chi connectivity index (χ2n) is 7.31. The summed E-state index contributed by atoms with van der Waals surface area (Å²) in [5.74, 6) is -0.399. The number of carbonyl (C=O) groups excluding carboxylic acids is 1. The third-order valence-electron chi connectivity index (χ3n) is 5.54. The zero-order valence-electron chi connectivity index (χ0n) is 15.7. The number of fused-ring (bicyclic) bond motifs is 1. The molecule has 0 aliphatic heterocycles. The Labute approximate surface area is 166 Å². The maximum atomic E-state index is 13.2. The summed E-state index contributed by atoms with van der Waals surface area (Å²) in [6.45, 7) is -0.0204. The van der Waals surface area contributed by atoms with Crippen LogP contribution in [0.2, 0.25) is 0 Å². The summed E-state index contributed by atoms with van der Waals surface area (Å²) in [5, 5.41) is 2.33. The number of aromatic nitrogens is 2. The maximum Gasteiger partial charge on any atom is 0.263 e. The van der Waals surface area contributed by atoms with Crippen LogP contribution in [0, 0.1) is 5.82 Å². The molecule has 1 aliphatic carbocycles. The Balaban J connectivity index is 1.64. The van der Waals surface area contributed by atoms with Gasteiger partial charge < -0.3 is 4.90 Å². The zero-order valence-corrected chi connectivity index (χ0v) is 16.5. The first-order valence-corrected chi connectivity index (χ1v) is 10.4. The quantitative estimate of drug-likeness (QED) is 0.665. The normalized spacial score (nSPS) is 15.1. The summed E-state index contributed by atoms with van der Waals surface area (Å²) in [7, 11) is 1.82. The molecule has 3 aromatic rings. The van der Waals surface area contributed by atoms with E-state index in [2.05, 4.69) is 4.98 Å². The Bertz CT molecular complexity index is 1050. The molecule has 1 saturated carbocycles. The Morgan fingerprint density at radius 2 is 1.96 bits per heavy atom. The largest absolute Gasteiger partial charge is 0.341 e. The van der Waals surface area contributed by atoms with E-state index in [-0.39, 0.29) is 29.9 Å². The van der Waals surface area contributed by atoms with Gasteiger partial charge in [0.05, 0.1) is 11.7 Å². The van der Waals surface area contributed by atoms with Crippen molar-refractivity contribution in [3.8, 4) is 11.1 Å². The molecule has 1 aliphatic rings. The van der Waals surface area contributed by atoms with E-state index in [0.717, 1.165) is 36.8 Å². The number of rotatable bonds is 4. The highest BCUT2D eigenvalue weighted by Gasteiger charge is 2.23. The predicted octanol–water partition coefficient (Wildman–Crippen LogP) is 4.06. The molecule has 0 bridgehead atoms. The average molecular weight is 399 g/mol. The number of amides is 1. The van der Waals surface area contributed by atoms with E-state index in [0.29, 0.717) is 10.2 Å². The number of likely N-dealkylation sites (N-methyl/N-ethyl adjacent to an activating group) is 1. The number of halogens is 1. The number of benzene rings is 1. The molecule has 1 aromatic carbocycles. The van der Waals surface area contributed by atoms with Gasteiger partial charge in [-0.2, -0.15) is 0 Å². The fourth-order valence-electron chi connectivity index (χ4n) is 3.85. The highest BCUT2D eigenvalue weighted by molar-refractivity contribution is 7.17. The zero-order chi connectivity index (χ0) is 19.7. The van der Waals surface area contributed by atoms with E-state index in [4.69, 9.17) is 0 Å². The molecule has 7 heteroatoms. The molecule has 0 unspecified atom stereocenters. The molecule has 28 heavy (non-hydrogen) atoms. The average Bonchev–Trinajstić information content (AvgIpc) is 3.15. The van der Waals surface area contributed by atoms with Gasteiger partial charge in [-0.05, 0) is 30.5 Å². The van der Waals surface area contributed by atoms with E-state index in [1.807, 2.05) is 12.4 Å². The van der Waals surface area contributed by atoms with Gasteiger partial charge in [-0.25, -0.2) is 9.37 Å². The van der Waals surface area contributed by atoms with Crippen LogP contribution in [0.1, 0.15) is 32.1 Å². The number of nitrogens with zero attached hydrogens (tertiary/aromatic N) is 3. The summed E-state index contributed by atoms with van der Waals surface area (Å²) >= 11 is 1.37. The summed E-state index contributed by atoms with van der Waals surface area (Å²) in [5.41, 5.74) is 1.24. The summed E-state index contributed by atoms with van der Waals surface area (Å²) in [6, 6.07) is 6.29. The summed E-state index contributed by atoms with van der Waals surface area (Å²) < 4.78 is 14.6. The van der Waals surface area contributed by atoms with Crippen LogP contribution in [0.25, 0.3) is 21.3 Å². The molecule has 0 atom stereocenters. The Kier molecular flexibility index (Phi) is 5.26. The van der Waals surface area contributed by atoms with E-state index >= 15 is 0 Å². The van der Waals surface area contributed by atoms with E-state index in [1.165, 1.54) is 40.8 Å². The van der Waals surface area contributed by atoms with Gasteiger partial charge in [-0.3, -0.25) is 14.2 Å². The summed E-state index contributed by atoms with van der Waals surface area (Å²) in [4.78, 5) is 32.6. The third kappa shape index (κ3) is 3.58. The van der Waals surface area contributed by atoms with Gasteiger partial charge in [0.25, 0.3) is 5.56 Å². The Morgan fingerprint density at radius 1 is 1.25 bits per heavy atom. The second kappa shape index (κ2) is 7.83. The molecule has 5 nitrogen and oxygen atoms in total. The first kappa shape index (κ1) is 18.8. The maximum absolute atomic E-state index is 13.2. The van der Waals surface area contributed by atoms with Crippen molar-refractivity contribution in [1.82, 2.24) is 14.5 Å². The lowest BCUT2D eigenvalue weighted by molar-refractivity contribution is -0.133. The standard InChI is InChI=1S/C21H22FN3O2S/c1-24(16-5-3-2-4-6-16)18(26)11-25-13-23-20-19(21(25)27)17(12-28-20)14-7-9-15(22)10-8-14/h7-10,12-13,16H,2-6,11H2,1H3. The van der Waals surface area contributed by atoms with Gasteiger partial charge in [-0.15, -0.1) is 11.3 Å². The Hall–Kier alpha value is -2.54. The molecule has 1 fully saturated rings. The molecule has 146 valence electrons. The Morgan fingerprint density at radius 3 is 2.68 bits per heavy atom. The number of thiophene rings is 1. The lowest BCUT2D eigenvalue weighted by atomic mass is 9.94. The molecule has 2 heterocycles. The van der Waals surface area contributed by atoms with Gasteiger partial charge in [0, 0.05) is 24.0 Å². The highest BCUT2D eigenvalue weighted by Crippen LogP contribution is 2.30. The SMILES string of the molecule is CN(C(=O)Cn1cnc2scc(-c3ccc(F)cc3)c2c1=O)C1CCCCC1. The van der Waals surface area contributed by atoms with Crippen molar-refractivity contribution in [2.24, 2.45) is 0 Å². The smallest absolute Gasteiger partial charge is 0.263 e. The molecule has 0 spiro atoms. The lowest BCUT2D eigenvalue weighted by Gasteiger charge is -2.31. The van der Waals surface area contributed by atoms with Crippen molar-refractivity contribution >= 4 is 27.5 Å². The number of carbonyl (C=O) groups is 1. The van der Waals surface area contributed by atoms with Gasteiger partial charge in [0.15, 0.2) is 0 Å². The van der Waals surface area contributed by atoms with Crippen LogP contribution in [0.3, 0.4) is 0 Å². The second-order valence-corrected chi connectivity index (χ2v) is 8.17. The van der Waals surface area contributed by atoms with E-state index in [1.54, 1.807) is 17.0 Å². The van der Waals surface area contributed by atoms with Gasteiger partial charge in [0.2, 0.25) is 5.91 Å². The fourth-order valence-corrected chi connectivity index (χ4v) is 4.76. The van der Waals surface area contributed by atoms with Crippen LogP contribution in [-0.4, -0.2) is 33.4 Å². The first-order valence-electron chi connectivity index (χ1n) is 9.53. The van der Waals surface area contributed by atoms with Crippen molar-refractivity contribution < 1.29 is 9.18 Å². The monoisotopic (exact) mass is 399 g/mol.